The summed E-state index contributed by atoms with van der Waals surface area (Å²) in [6.07, 6.45) is 1.65. The number of rotatable bonds is 9. The summed E-state index contributed by atoms with van der Waals surface area (Å²) in [7, 11) is 1.56. The van der Waals surface area contributed by atoms with Gasteiger partial charge in [0.15, 0.2) is 0 Å². The highest BCUT2D eigenvalue weighted by Gasteiger charge is 2.40. The maximum absolute atomic E-state index is 13.2. The molecule has 1 aliphatic carbocycles. The van der Waals surface area contributed by atoms with Gasteiger partial charge in [0.05, 0.1) is 19.3 Å². The predicted molar refractivity (Wildman–Crippen MR) is 133 cm³/mol. The Morgan fingerprint density at radius 3 is 2.34 bits per heavy atom. The van der Waals surface area contributed by atoms with Crippen LogP contribution in [-0.2, 0) is 19.1 Å². The summed E-state index contributed by atoms with van der Waals surface area (Å²) in [4.78, 5) is 38.9. The van der Waals surface area contributed by atoms with E-state index in [0.717, 1.165) is 22.3 Å². The number of carbonyl (C=O) groups is 3. The van der Waals surface area contributed by atoms with Crippen LogP contribution in [0.15, 0.2) is 48.5 Å². The lowest BCUT2D eigenvalue weighted by Crippen LogP contribution is -2.53. The smallest absolute Gasteiger partial charge is 0.407 e. The molecule has 9 heteroatoms. The molecule has 3 atom stereocenters. The number of carboxylic acids is 1. The first-order valence-corrected chi connectivity index (χ1v) is 13.0. The van der Waals surface area contributed by atoms with Crippen LogP contribution in [0.5, 0.6) is 0 Å². The molecule has 1 aliphatic heterocycles. The van der Waals surface area contributed by atoms with Crippen molar-refractivity contribution in [2.45, 2.75) is 24.4 Å². The van der Waals surface area contributed by atoms with Crippen molar-refractivity contribution in [2.75, 3.05) is 38.9 Å². The summed E-state index contributed by atoms with van der Waals surface area (Å²) in [5, 5.41) is 12.2. The molecule has 8 nitrogen and oxygen atoms in total. The lowest BCUT2D eigenvalue weighted by Gasteiger charge is -2.30. The van der Waals surface area contributed by atoms with Gasteiger partial charge in [0.2, 0.25) is 5.91 Å². The molecule has 2 aromatic rings. The van der Waals surface area contributed by atoms with Crippen LogP contribution in [0.3, 0.4) is 0 Å². The highest BCUT2D eigenvalue weighted by molar-refractivity contribution is 7.98. The van der Waals surface area contributed by atoms with Crippen molar-refractivity contribution >= 4 is 29.7 Å². The molecule has 0 aromatic heterocycles. The fraction of sp³-hybridized carbons (Fsp3) is 0.423. The van der Waals surface area contributed by atoms with Crippen LogP contribution in [-0.4, -0.2) is 78.9 Å². The summed E-state index contributed by atoms with van der Waals surface area (Å²) >= 11 is 1.56. The number of amides is 2. The Bertz CT molecular complexity index is 1050. The Morgan fingerprint density at radius 2 is 1.74 bits per heavy atom. The van der Waals surface area contributed by atoms with Crippen molar-refractivity contribution in [3.8, 4) is 11.1 Å². The van der Waals surface area contributed by atoms with Gasteiger partial charge in [-0.25, -0.2) is 4.79 Å². The first-order chi connectivity index (χ1) is 16.9. The minimum absolute atomic E-state index is 0.0624. The number of carbonyl (C=O) groups excluding carboxylic acids is 2. The summed E-state index contributed by atoms with van der Waals surface area (Å²) in [5.74, 6) is -1.58. The zero-order valence-electron chi connectivity index (χ0n) is 19.8. The van der Waals surface area contributed by atoms with Crippen LogP contribution in [0.1, 0.15) is 23.5 Å². The van der Waals surface area contributed by atoms with Gasteiger partial charge in [-0.2, -0.15) is 11.8 Å². The van der Waals surface area contributed by atoms with Gasteiger partial charge in [-0.3, -0.25) is 9.59 Å². The van der Waals surface area contributed by atoms with E-state index in [0.29, 0.717) is 12.2 Å². The quantitative estimate of drug-likeness (QED) is 0.547. The number of nitrogens with one attached hydrogen (secondary N) is 1. The summed E-state index contributed by atoms with van der Waals surface area (Å²) < 4.78 is 10.9. The van der Waals surface area contributed by atoms with Gasteiger partial charge in [0, 0.05) is 13.0 Å². The first-order valence-electron chi connectivity index (χ1n) is 11.6. The van der Waals surface area contributed by atoms with Gasteiger partial charge in [-0.05, 0) is 40.7 Å². The largest absolute Gasteiger partial charge is 0.481 e. The number of benzene rings is 2. The molecule has 1 saturated heterocycles. The van der Waals surface area contributed by atoms with Crippen molar-refractivity contribution in [1.82, 2.24) is 10.2 Å². The van der Waals surface area contributed by atoms with E-state index in [1.807, 2.05) is 42.7 Å². The molecule has 186 valence electrons. The third-order valence-electron chi connectivity index (χ3n) is 6.76. The number of fused-ring (bicyclic) bond motifs is 3. The standard InChI is InChI=1S/C26H30N2O6S/c1-28(23-15-33-13-21(23)25(30)31)24(29)22(11-12-35-2)27-26(32)34-14-20-18-9-5-3-7-16(18)17-8-4-6-10-19(17)20/h3-10,20-23H,11-15H2,1-2H3,(H,27,32)(H,30,31). The van der Waals surface area contributed by atoms with E-state index in [1.54, 1.807) is 18.8 Å². The maximum atomic E-state index is 13.2. The topological polar surface area (TPSA) is 105 Å². The Labute approximate surface area is 209 Å². The van der Waals surface area contributed by atoms with E-state index >= 15 is 0 Å². The minimum atomic E-state index is -1.00. The number of likely N-dealkylation sites (N-methyl/N-ethyl adjacent to an activating group) is 1. The Hall–Kier alpha value is -3.04. The lowest BCUT2D eigenvalue weighted by molar-refractivity contribution is -0.145. The molecule has 1 heterocycles. The lowest BCUT2D eigenvalue weighted by atomic mass is 9.98. The van der Waals surface area contributed by atoms with Crippen molar-refractivity contribution in [3.63, 3.8) is 0 Å². The SMILES string of the molecule is CSCCC(NC(=O)OCC1c2ccccc2-c2ccccc21)C(=O)N(C)C1COCC1C(=O)O. The van der Waals surface area contributed by atoms with Crippen LogP contribution < -0.4 is 5.32 Å². The van der Waals surface area contributed by atoms with Crippen molar-refractivity contribution in [2.24, 2.45) is 5.92 Å². The number of aliphatic carboxylic acids is 1. The second kappa shape index (κ2) is 11.1. The van der Waals surface area contributed by atoms with Gasteiger partial charge in [-0.1, -0.05) is 48.5 Å². The molecule has 2 aromatic carbocycles. The van der Waals surface area contributed by atoms with Crippen LogP contribution in [0.2, 0.25) is 0 Å². The van der Waals surface area contributed by atoms with Gasteiger partial charge >= 0.3 is 12.1 Å². The summed E-state index contributed by atoms with van der Waals surface area (Å²) in [5.41, 5.74) is 4.49. The molecule has 0 saturated carbocycles. The number of alkyl carbamates (subject to hydrolysis) is 1. The molecule has 0 bridgehead atoms. The van der Waals surface area contributed by atoms with Gasteiger partial charge in [0.1, 0.15) is 18.6 Å². The normalized spacial score (nSPS) is 19.5. The van der Waals surface area contributed by atoms with Gasteiger partial charge in [0.25, 0.3) is 0 Å². The summed E-state index contributed by atoms with van der Waals surface area (Å²) in [6, 6.07) is 14.8. The predicted octanol–water partition coefficient (Wildman–Crippen LogP) is 3.20. The second-order valence-electron chi connectivity index (χ2n) is 8.80. The van der Waals surface area contributed by atoms with Crippen molar-refractivity contribution in [1.29, 1.82) is 0 Å². The zero-order valence-corrected chi connectivity index (χ0v) is 20.6. The van der Waals surface area contributed by atoms with E-state index < -0.39 is 30.1 Å². The van der Waals surface area contributed by atoms with E-state index in [4.69, 9.17) is 9.47 Å². The van der Waals surface area contributed by atoms with E-state index in [-0.39, 0.29) is 31.6 Å². The van der Waals surface area contributed by atoms with Crippen molar-refractivity contribution in [3.05, 3.63) is 59.7 Å². The Balaban J connectivity index is 1.42. The third-order valence-corrected chi connectivity index (χ3v) is 7.40. The Kier molecular flexibility index (Phi) is 7.97. The number of nitrogens with zero attached hydrogens (tertiary/aromatic N) is 1. The molecular weight excluding hydrogens is 468 g/mol. The molecule has 3 unspecified atom stereocenters. The number of carboxylic acid groups (broad SMARTS) is 1. The molecule has 2 amide bonds. The highest BCUT2D eigenvalue weighted by Crippen LogP contribution is 2.44. The van der Waals surface area contributed by atoms with Gasteiger partial charge in [-0.15, -0.1) is 0 Å². The molecule has 0 spiro atoms. The fourth-order valence-corrected chi connectivity index (χ4v) is 5.32. The maximum Gasteiger partial charge on any atom is 0.407 e. The Morgan fingerprint density at radius 1 is 1.11 bits per heavy atom. The molecule has 0 radical (unpaired) electrons. The van der Waals surface area contributed by atoms with Crippen LogP contribution in [0, 0.1) is 5.92 Å². The van der Waals surface area contributed by atoms with E-state index in [9.17, 15) is 19.5 Å². The average molecular weight is 499 g/mol. The zero-order chi connectivity index (χ0) is 24.9. The molecule has 2 N–H and O–H groups in total. The molecule has 35 heavy (non-hydrogen) atoms. The fourth-order valence-electron chi connectivity index (χ4n) is 4.85. The minimum Gasteiger partial charge on any atom is -0.481 e. The van der Waals surface area contributed by atoms with E-state index in [1.165, 1.54) is 4.90 Å². The molecular formula is C26H30N2O6S. The number of hydrogen-bond donors (Lipinski definition) is 2. The van der Waals surface area contributed by atoms with Crippen LogP contribution in [0.4, 0.5) is 4.79 Å². The third kappa shape index (κ3) is 5.31. The monoisotopic (exact) mass is 498 g/mol. The molecule has 1 fully saturated rings. The number of ether oxygens (including phenoxy) is 2. The van der Waals surface area contributed by atoms with Crippen LogP contribution >= 0.6 is 11.8 Å². The highest BCUT2D eigenvalue weighted by atomic mass is 32.2. The average Bonchev–Trinajstić information content (AvgIpc) is 3.48. The van der Waals surface area contributed by atoms with E-state index in [2.05, 4.69) is 17.4 Å². The summed E-state index contributed by atoms with van der Waals surface area (Å²) in [6.45, 7) is 0.364. The molecule has 4 rings (SSSR count). The number of thioether (sulfide) groups is 1. The van der Waals surface area contributed by atoms with Crippen molar-refractivity contribution < 1.29 is 29.0 Å². The second-order valence-corrected chi connectivity index (χ2v) is 9.79. The van der Waals surface area contributed by atoms with Gasteiger partial charge < -0.3 is 24.8 Å². The first kappa shape index (κ1) is 25.1. The molecule has 2 aliphatic rings. The number of hydrogen-bond acceptors (Lipinski definition) is 6. The van der Waals surface area contributed by atoms with Crippen LogP contribution in [0.25, 0.3) is 11.1 Å².